The van der Waals surface area contributed by atoms with Gasteiger partial charge in [0.1, 0.15) is 0 Å². The molecule has 0 unspecified atom stereocenters. The number of anilines is 1. The fraction of sp³-hybridized carbons (Fsp3) is 0.0769. The summed E-state index contributed by atoms with van der Waals surface area (Å²) in [4.78, 5) is 4.19. The van der Waals surface area contributed by atoms with Gasteiger partial charge in [0.05, 0.1) is 27.1 Å². The average Bonchev–Trinajstić information content (AvgIpc) is 2.38. The molecule has 0 aliphatic heterocycles. The van der Waals surface area contributed by atoms with E-state index in [9.17, 15) is 0 Å². The van der Waals surface area contributed by atoms with E-state index in [-0.39, 0.29) is 0 Å². The van der Waals surface area contributed by atoms with Gasteiger partial charge in [0.25, 0.3) is 0 Å². The third-order valence-electron chi connectivity index (χ3n) is 2.38. The summed E-state index contributed by atoms with van der Waals surface area (Å²) in [7, 11) is 0. The highest BCUT2D eigenvalue weighted by atomic mass is 35.5. The predicted molar refractivity (Wildman–Crippen MR) is 81.5 cm³/mol. The summed E-state index contributed by atoms with van der Waals surface area (Å²) in [6.07, 6.45) is 1.70. The molecule has 1 aromatic carbocycles. The van der Waals surface area contributed by atoms with Crippen molar-refractivity contribution < 1.29 is 0 Å². The topological polar surface area (TPSA) is 37.3 Å². The first-order valence-electron chi connectivity index (χ1n) is 5.44. The van der Waals surface area contributed by atoms with Gasteiger partial charge in [0, 0.05) is 11.2 Å². The van der Waals surface area contributed by atoms with Gasteiger partial charge in [0.15, 0.2) is 0 Å². The number of pyridine rings is 1. The smallest absolute Gasteiger partial charge is 0.0935 e. The number of halogens is 3. The summed E-state index contributed by atoms with van der Waals surface area (Å²) in [6, 6.07) is 8.80. The fourth-order valence-corrected chi connectivity index (χ4v) is 2.32. The molecule has 0 spiro atoms. The van der Waals surface area contributed by atoms with E-state index in [4.69, 9.17) is 34.8 Å². The van der Waals surface area contributed by atoms with Gasteiger partial charge in [-0.15, -0.1) is 0 Å². The Bertz CT molecular complexity index is 589. The standard InChI is InChI=1S/C13H10Cl3N3/c1-8(12-4-2-3-5-17-12)18-19-13-10(15)6-9(14)7-11(13)16/h2-7,19H,1H3. The van der Waals surface area contributed by atoms with Crippen LogP contribution in [-0.4, -0.2) is 10.7 Å². The molecule has 1 heterocycles. The molecular formula is C13H10Cl3N3. The molecule has 1 aromatic heterocycles. The number of rotatable bonds is 3. The van der Waals surface area contributed by atoms with Crippen molar-refractivity contribution in [1.29, 1.82) is 0 Å². The molecule has 6 heteroatoms. The van der Waals surface area contributed by atoms with E-state index in [0.717, 1.165) is 11.4 Å². The zero-order valence-electron chi connectivity index (χ0n) is 9.99. The van der Waals surface area contributed by atoms with Crippen molar-refractivity contribution in [3.63, 3.8) is 0 Å². The Kier molecular flexibility index (Phi) is 4.64. The van der Waals surface area contributed by atoms with E-state index >= 15 is 0 Å². The van der Waals surface area contributed by atoms with Crippen molar-refractivity contribution in [2.45, 2.75) is 6.92 Å². The first kappa shape index (κ1) is 14.1. The van der Waals surface area contributed by atoms with Gasteiger partial charge in [-0.25, -0.2) is 0 Å². The van der Waals surface area contributed by atoms with Gasteiger partial charge in [-0.2, -0.15) is 5.10 Å². The molecule has 0 aliphatic rings. The molecular weight excluding hydrogens is 305 g/mol. The van der Waals surface area contributed by atoms with Crippen LogP contribution in [0.1, 0.15) is 12.6 Å². The molecule has 0 amide bonds. The highest BCUT2D eigenvalue weighted by molar-refractivity contribution is 6.41. The monoisotopic (exact) mass is 313 g/mol. The Hall–Kier alpha value is -1.29. The molecule has 3 nitrogen and oxygen atoms in total. The summed E-state index contributed by atoms with van der Waals surface area (Å²) in [5.74, 6) is 0. The lowest BCUT2D eigenvalue weighted by Crippen LogP contribution is -2.02. The fourth-order valence-electron chi connectivity index (χ4n) is 1.42. The zero-order valence-corrected chi connectivity index (χ0v) is 12.3. The van der Waals surface area contributed by atoms with Gasteiger partial charge in [0.2, 0.25) is 0 Å². The van der Waals surface area contributed by atoms with Crippen LogP contribution in [0, 0.1) is 0 Å². The first-order valence-corrected chi connectivity index (χ1v) is 6.57. The van der Waals surface area contributed by atoms with Gasteiger partial charge >= 0.3 is 0 Å². The van der Waals surface area contributed by atoms with Crippen molar-refractivity contribution in [1.82, 2.24) is 4.98 Å². The minimum atomic E-state index is 0.412. The summed E-state index contributed by atoms with van der Waals surface area (Å²) in [6.45, 7) is 1.84. The lowest BCUT2D eigenvalue weighted by Gasteiger charge is -2.07. The third kappa shape index (κ3) is 3.60. The maximum Gasteiger partial charge on any atom is 0.0935 e. The molecule has 19 heavy (non-hydrogen) atoms. The summed E-state index contributed by atoms with van der Waals surface area (Å²) in [5.41, 5.74) is 4.85. The Morgan fingerprint density at radius 1 is 1.16 bits per heavy atom. The van der Waals surface area contributed by atoms with Crippen LogP contribution in [0.25, 0.3) is 0 Å². The summed E-state index contributed by atoms with van der Waals surface area (Å²) in [5, 5.41) is 5.51. The minimum Gasteiger partial charge on any atom is -0.275 e. The van der Waals surface area contributed by atoms with E-state index in [0.29, 0.717) is 20.8 Å². The molecule has 0 atom stereocenters. The lowest BCUT2D eigenvalue weighted by molar-refractivity contribution is 1.25. The van der Waals surface area contributed by atoms with Gasteiger partial charge in [-0.3, -0.25) is 10.4 Å². The summed E-state index contributed by atoms with van der Waals surface area (Å²) >= 11 is 17.9. The average molecular weight is 315 g/mol. The maximum atomic E-state index is 6.05. The zero-order chi connectivity index (χ0) is 13.8. The van der Waals surface area contributed by atoms with Gasteiger partial charge < -0.3 is 0 Å². The van der Waals surface area contributed by atoms with Gasteiger partial charge in [-0.1, -0.05) is 40.9 Å². The second kappa shape index (κ2) is 6.24. The van der Waals surface area contributed by atoms with E-state index < -0.39 is 0 Å². The number of aromatic nitrogens is 1. The molecule has 0 bridgehead atoms. The normalized spacial score (nSPS) is 11.5. The van der Waals surface area contributed by atoms with Crippen LogP contribution >= 0.6 is 34.8 Å². The van der Waals surface area contributed by atoms with E-state index in [1.54, 1.807) is 18.3 Å². The molecule has 2 aromatic rings. The second-order valence-corrected chi connectivity index (χ2v) is 5.02. The van der Waals surface area contributed by atoms with Crippen LogP contribution in [-0.2, 0) is 0 Å². The molecule has 0 saturated heterocycles. The number of hydrogen-bond acceptors (Lipinski definition) is 3. The number of hydrazone groups is 1. The van der Waals surface area contributed by atoms with Gasteiger partial charge in [-0.05, 0) is 31.2 Å². The number of benzene rings is 1. The quantitative estimate of drug-likeness (QED) is 0.647. The van der Waals surface area contributed by atoms with Crippen molar-refractivity contribution in [3.8, 4) is 0 Å². The SMILES string of the molecule is CC(=NNc1c(Cl)cc(Cl)cc1Cl)c1ccccn1. The Balaban J connectivity index is 2.23. The van der Waals surface area contributed by atoms with Crippen molar-refractivity contribution >= 4 is 46.2 Å². The molecule has 1 N–H and O–H groups in total. The van der Waals surface area contributed by atoms with E-state index in [2.05, 4.69) is 15.5 Å². The van der Waals surface area contributed by atoms with Crippen LogP contribution in [0.4, 0.5) is 5.69 Å². The molecule has 0 saturated carbocycles. The highest BCUT2D eigenvalue weighted by Crippen LogP contribution is 2.33. The molecule has 2 rings (SSSR count). The number of nitrogens with zero attached hydrogens (tertiary/aromatic N) is 2. The Morgan fingerprint density at radius 3 is 2.42 bits per heavy atom. The Morgan fingerprint density at radius 2 is 1.84 bits per heavy atom. The number of nitrogens with one attached hydrogen (secondary N) is 1. The summed E-state index contributed by atoms with van der Waals surface area (Å²) < 4.78 is 0. The van der Waals surface area contributed by atoms with Crippen LogP contribution in [0.15, 0.2) is 41.6 Å². The van der Waals surface area contributed by atoms with Crippen LogP contribution in [0.3, 0.4) is 0 Å². The maximum absolute atomic E-state index is 6.05. The van der Waals surface area contributed by atoms with E-state index in [1.165, 1.54) is 0 Å². The number of hydrogen-bond donors (Lipinski definition) is 1. The molecule has 98 valence electrons. The molecule has 0 aliphatic carbocycles. The molecule has 0 radical (unpaired) electrons. The lowest BCUT2D eigenvalue weighted by atomic mass is 10.3. The van der Waals surface area contributed by atoms with Crippen molar-refractivity contribution in [2.75, 3.05) is 5.43 Å². The minimum absolute atomic E-state index is 0.412. The Labute approximate surface area is 126 Å². The first-order chi connectivity index (χ1) is 9.08. The third-order valence-corrected chi connectivity index (χ3v) is 3.19. The predicted octanol–water partition coefficient (Wildman–Crippen LogP) is 4.88. The highest BCUT2D eigenvalue weighted by Gasteiger charge is 2.07. The second-order valence-electron chi connectivity index (χ2n) is 3.77. The van der Waals surface area contributed by atoms with Crippen LogP contribution in [0.2, 0.25) is 15.1 Å². The van der Waals surface area contributed by atoms with Crippen molar-refractivity contribution in [3.05, 3.63) is 57.3 Å². The molecule has 0 fully saturated rings. The van der Waals surface area contributed by atoms with Crippen LogP contribution < -0.4 is 5.43 Å². The van der Waals surface area contributed by atoms with Crippen LogP contribution in [0.5, 0.6) is 0 Å². The van der Waals surface area contributed by atoms with Crippen molar-refractivity contribution in [2.24, 2.45) is 5.10 Å². The van der Waals surface area contributed by atoms with E-state index in [1.807, 2.05) is 25.1 Å². The largest absolute Gasteiger partial charge is 0.275 e.